The molecule has 0 bridgehead atoms. The molecular weight excluding hydrogens is 615 g/mol. The number of methoxy groups -OCH3 is 1. The van der Waals surface area contributed by atoms with E-state index in [4.69, 9.17) is 10.5 Å². The van der Waals surface area contributed by atoms with Crippen molar-refractivity contribution in [3.05, 3.63) is 70.5 Å². The smallest absolute Gasteiger partial charge is 0.375 e. The van der Waals surface area contributed by atoms with Crippen LogP contribution < -0.4 is 5.73 Å². The predicted octanol–water partition coefficient (Wildman–Crippen LogP) is 4.06. The number of halogens is 7. The van der Waals surface area contributed by atoms with Gasteiger partial charge in [0, 0.05) is 39.7 Å². The number of nitrogens with two attached hydrogens (primary N) is 1. The molecule has 1 saturated heterocycles. The Morgan fingerprint density at radius 3 is 2.18 bits per heavy atom. The van der Waals surface area contributed by atoms with Gasteiger partial charge in [0.25, 0.3) is 11.8 Å². The van der Waals surface area contributed by atoms with Crippen LogP contribution in [0.1, 0.15) is 46.3 Å². The Morgan fingerprint density at radius 1 is 0.978 bits per heavy atom. The van der Waals surface area contributed by atoms with Gasteiger partial charge in [-0.15, -0.1) is 0 Å². The molecule has 0 aliphatic carbocycles. The van der Waals surface area contributed by atoms with Crippen molar-refractivity contribution in [3.63, 3.8) is 0 Å². The average molecular weight is 646 g/mol. The minimum absolute atomic E-state index is 0.0296. The van der Waals surface area contributed by atoms with Crippen molar-refractivity contribution < 1.29 is 49.9 Å². The molecule has 4 rings (SSSR count). The molecule has 2 heterocycles. The topological polar surface area (TPSA) is 109 Å². The summed E-state index contributed by atoms with van der Waals surface area (Å²) >= 11 is 0. The van der Waals surface area contributed by atoms with Crippen LogP contribution in [0.3, 0.4) is 0 Å². The first-order chi connectivity index (χ1) is 21.1. The van der Waals surface area contributed by atoms with Crippen LogP contribution in [0.25, 0.3) is 0 Å². The summed E-state index contributed by atoms with van der Waals surface area (Å²) in [6.45, 7) is -0.515. The highest BCUT2D eigenvalue weighted by atomic mass is 19.4. The first-order valence-corrected chi connectivity index (χ1v) is 13.8. The van der Waals surface area contributed by atoms with Crippen molar-refractivity contribution in [3.8, 4) is 0 Å². The summed E-state index contributed by atoms with van der Waals surface area (Å²) in [6, 6.07) is 7.19. The fourth-order valence-corrected chi connectivity index (χ4v) is 5.39. The third-order valence-corrected chi connectivity index (χ3v) is 7.65. The van der Waals surface area contributed by atoms with Crippen molar-refractivity contribution in [2.75, 3.05) is 39.9 Å². The highest BCUT2D eigenvalue weighted by Gasteiger charge is 2.49. The van der Waals surface area contributed by atoms with E-state index in [1.165, 1.54) is 29.0 Å². The maximum Gasteiger partial charge on any atom is 0.417 e. The van der Waals surface area contributed by atoms with Crippen LogP contribution in [0.15, 0.2) is 47.5 Å². The number of alkyl halides is 6. The van der Waals surface area contributed by atoms with Crippen LogP contribution in [0.2, 0.25) is 0 Å². The third kappa shape index (κ3) is 7.54. The molecule has 244 valence electrons. The van der Waals surface area contributed by atoms with Gasteiger partial charge in [-0.3, -0.25) is 19.3 Å². The maximum atomic E-state index is 14.0. The van der Waals surface area contributed by atoms with E-state index in [0.717, 1.165) is 29.2 Å². The van der Waals surface area contributed by atoms with E-state index >= 15 is 0 Å². The van der Waals surface area contributed by atoms with Gasteiger partial charge in [0.2, 0.25) is 5.91 Å². The SMILES string of the molecule is COCC(=O)N1CCN(C(=O)c2cc(CN3C(=O)[C@@](CCCC(F)(F)F)(c4ccc(F)cc4)N=C3N)ccc2C(F)(F)F)CC1. The highest BCUT2D eigenvalue weighted by molar-refractivity contribution is 6.07. The number of carbonyl (C=O) groups is 3. The van der Waals surface area contributed by atoms with E-state index in [-0.39, 0.29) is 49.8 Å². The molecule has 3 amide bonds. The lowest BCUT2D eigenvalue weighted by molar-refractivity contribution is -0.139. The number of hydrogen-bond acceptors (Lipinski definition) is 6. The van der Waals surface area contributed by atoms with E-state index < -0.39 is 78.4 Å². The Kier molecular flexibility index (Phi) is 9.75. The second kappa shape index (κ2) is 13.0. The number of benzene rings is 2. The van der Waals surface area contributed by atoms with E-state index in [1.54, 1.807) is 0 Å². The Labute approximate surface area is 253 Å². The number of aliphatic imine (C=N–C) groups is 1. The Balaban J connectivity index is 1.61. The van der Waals surface area contributed by atoms with Crippen LogP contribution in [0.5, 0.6) is 0 Å². The predicted molar refractivity (Wildman–Crippen MR) is 146 cm³/mol. The maximum absolute atomic E-state index is 14.0. The number of rotatable bonds is 9. The molecule has 2 aliphatic heterocycles. The summed E-state index contributed by atoms with van der Waals surface area (Å²) in [7, 11) is 1.34. The zero-order valence-corrected chi connectivity index (χ0v) is 24.1. The van der Waals surface area contributed by atoms with Crippen molar-refractivity contribution in [1.82, 2.24) is 14.7 Å². The molecule has 45 heavy (non-hydrogen) atoms. The van der Waals surface area contributed by atoms with Crippen molar-refractivity contribution in [2.45, 2.75) is 43.7 Å². The van der Waals surface area contributed by atoms with Gasteiger partial charge < -0.3 is 20.3 Å². The van der Waals surface area contributed by atoms with Crippen molar-refractivity contribution in [2.24, 2.45) is 10.7 Å². The number of piperazine rings is 1. The average Bonchev–Trinajstić information content (AvgIpc) is 3.21. The lowest BCUT2D eigenvalue weighted by atomic mass is 9.84. The number of hydrogen-bond donors (Lipinski definition) is 1. The summed E-state index contributed by atoms with van der Waals surface area (Å²) in [5.74, 6) is -3.18. The van der Waals surface area contributed by atoms with Gasteiger partial charge in [-0.05, 0) is 48.2 Å². The quantitative estimate of drug-likeness (QED) is 0.414. The molecule has 9 nitrogen and oxygen atoms in total. The lowest BCUT2D eigenvalue weighted by Crippen LogP contribution is -2.51. The van der Waals surface area contributed by atoms with Gasteiger partial charge in [-0.25, -0.2) is 9.38 Å². The Morgan fingerprint density at radius 2 is 1.60 bits per heavy atom. The molecule has 1 fully saturated rings. The first kappa shape index (κ1) is 33.7. The van der Waals surface area contributed by atoms with Crippen LogP contribution in [-0.2, 0) is 32.6 Å². The van der Waals surface area contributed by atoms with Crippen LogP contribution in [0, 0.1) is 5.82 Å². The molecule has 0 unspecified atom stereocenters. The van der Waals surface area contributed by atoms with Gasteiger partial charge in [0.15, 0.2) is 11.5 Å². The molecule has 0 radical (unpaired) electrons. The second-order valence-electron chi connectivity index (χ2n) is 10.7. The summed E-state index contributed by atoms with van der Waals surface area (Å²) < 4.78 is 99.2. The fraction of sp³-hybridized carbons (Fsp3) is 0.448. The largest absolute Gasteiger partial charge is 0.417 e. The lowest BCUT2D eigenvalue weighted by Gasteiger charge is -2.35. The first-order valence-electron chi connectivity index (χ1n) is 13.8. The minimum atomic E-state index is -4.90. The van der Waals surface area contributed by atoms with Gasteiger partial charge >= 0.3 is 12.4 Å². The van der Waals surface area contributed by atoms with Gasteiger partial charge in [-0.2, -0.15) is 26.3 Å². The summed E-state index contributed by atoms with van der Waals surface area (Å²) in [4.78, 5) is 46.9. The number of carbonyl (C=O) groups excluding carboxylic acids is 3. The van der Waals surface area contributed by atoms with Crippen LogP contribution >= 0.6 is 0 Å². The zero-order valence-electron chi connectivity index (χ0n) is 24.1. The monoisotopic (exact) mass is 645 g/mol. The molecule has 2 aromatic rings. The van der Waals surface area contributed by atoms with Gasteiger partial charge in [0.05, 0.1) is 17.7 Å². The third-order valence-electron chi connectivity index (χ3n) is 7.65. The van der Waals surface area contributed by atoms with E-state index in [0.29, 0.717) is 6.07 Å². The molecule has 1 atom stereocenters. The molecule has 0 spiro atoms. The summed E-state index contributed by atoms with van der Waals surface area (Å²) in [6.07, 6.45) is -11.6. The van der Waals surface area contributed by atoms with Gasteiger partial charge in [0.1, 0.15) is 12.4 Å². The molecule has 2 aliphatic rings. The van der Waals surface area contributed by atoms with E-state index in [9.17, 15) is 45.1 Å². The van der Waals surface area contributed by atoms with Gasteiger partial charge in [-0.1, -0.05) is 18.2 Å². The minimum Gasteiger partial charge on any atom is -0.375 e. The molecule has 2 N–H and O–H groups in total. The standard InChI is InChI=1S/C29H30F7N5O4/c1-45-17-23(42)39-11-13-40(14-12-39)24(43)21-15-18(3-8-22(21)29(34,35)36)16-41-25(44)27(38-26(41)37,9-2-10-28(31,32)33)19-4-6-20(30)7-5-19/h3-8,15H,2,9-14,16-17H2,1H3,(H2,37,38)/t27-/m1/s1. The molecule has 0 saturated carbocycles. The Hall–Kier alpha value is -4.21. The molecule has 0 aromatic heterocycles. The number of ether oxygens (including phenoxy) is 1. The number of nitrogens with zero attached hydrogens (tertiary/aromatic N) is 4. The van der Waals surface area contributed by atoms with E-state index in [1.807, 2.05) is 0 Å². The highest BCUT2D eigenvalue weighted by Crippen LogP contribution is 2.40. The molecular formula is C29H30F7N5O4. The molecule has 2 aromatic carbocycles. The normalized spacial score (nSPS) is 19.2. The zero-order chi connectivity index (χ0) is 33.2. The van der Waals surface area contributed by atoms with Crippen molar-refractivity contribution >= 4 is 23.7 Å². The van der Waals surface area contributed by atoms with E-state index in [2.05, 4.69) is 4.99 Å². The summed E-state index contributed by atoms with van der Waals surface area (Å²) in [5, 5.41) is 0. The van der Waals surface area contributed by atoms with Crippen LogP contribution in [0.4, 0.5) is 30.7 Å². The van der Waals surface area contributed by atoms with Crippen LogP contribution in [-0.4, -0.2) is 84.5 Å². The number of amides is 3. The van der Waals surface area contributed by atoms with Crippen molar-refractivity contribution in [1.29, 1.82) is 0 Å². The Bertz CT molecular complexity index is 1450. The second-order valence-corrected chi connectivity index (χ2v) is 10.7. The fourth-order valence-electron chi connectivity index (χ4n) is 5.39. The number of guanidine groups is 1. The summed E-state index contributed by atoms with van der Waals surface area (Å²) in [5.41, 5.74) is 2.39. The molecule has 16 heteroatoms.